The third-order valence-corrected chi connectivity index (χ3v) is 4.92. The van der Waals surface area contributed by atoms with Crippen LogP contribution in [0.2, 0.25) is 0 Å². The summed E-state index contributed by atoms with van der Waals surface area (Å²) in [6.07, 6.45) is 5.04. The molecule has 1 amide bonds. The summed E-state index contributed by atoms with van der Waals surface area (Å²) in [6.45, 7) is 0.510. The molecule has 3 rings (SSSR count). The van der Waals surface area contributed by atoms with Gasteiger partial charge in [-0.1, -0.05) is 11.3 Å². The number of carbonyl (C=O) groups is 2. The Bertz CT molecular complexity index is 1080. The van der Waals surface area contributed by atoms with Gasteiger partial charge in [-0.2, -0.15) is 8.78 Å². The lowest BCUT2D eigenvalue weighted by molar-refractivity contribution is -0.111. The molecule has 0 bridgehead atoms. The Labute approximate surface area is 167 Å². The van der Waals surface area contributed by atoms with Gasteiger partial charge in [0.25, 0.3) is 0 Å². The summed E-state index contributed by atoms with van der Waals surface area (Å²) in [5, 5.41) is 2.80. The highest BCUT2D eigenvalue weighted by atomic mass is 32.1. The number of hydrogen-bond acceptors (Lipinski definition) is 7. The average molecular weight is 422 g/mol. The van der Waals surface area contributed by atoms with Gasteiger partial charge >= 0.3 is 12.5 Å². The first kappa shape index (κ1) is 20.4. The second kappa shape index (κ2) is 8.35. The molecular weight excluding hydrogens is 406 g/mol. The number of anilines is 1. The molecule has 0 radical (unpaired) electrons. The number of furan rings is 1. The summed E-state index contributed by atoms with van der Waals surface area (Å²) in [6, 6.07) is 1.46. The predicted octanol–water partition coefficient (Wildman–Crippen LogP) is 4.05. The lowest BCUT2D eigenvalue weighted by Gasteiger charge is -2.04. The third-order valence-electron chi connectivity index (χ3n) is 3.85. The lowest BCUT2D eigenvalue weighted by Crippen LogP contribution is -2.07. The number of carbonyl (C=O) groups excluding carboxylic acids is 2. The van der Waals surface area contributed by atoms with Crippen molar-refractivity contribution >= 4 is 34.4 Å². The normalized spacial score (nSPS) is 11.4. The van der Waals surface area contributed by atoms with E-state index >= 15 is 0 Å². The molecule has 0 spiro atoms. The van der Waals surface area contributed by atoms with Crippen molar-refractivity contribution < 1.29 is 27.5 Å². The molecule has 11 heteroatoms. The lowest BCUT2D eigenvalue weighted by atomic mass is 10.2. The highest BCUT2D eigenvalue weighted by Gasteiger charge is 2.19. The summed E-state index contributed by atoms with van der Waals surface area (Å²) < 4.78 is 36.8. The number of nitrogens with one attached hydrogen (secondary N) is 1. The first-order valence-electron chi connectivity index (χ1n) is 8.26. The van der Waals surface area contributed by atoms with Gasteiger partial charge in [0.15, 0.2) is 11.0 Å². The van der Waals surface area contributed by atoms with Crippen LogP contribution in [-0.2, 0) is 9.53 Å². The first-order chi connectivity index (χ1) is 13.8. The zero-order valence-electron chi connectivity index (χ0n) is 15.6. The van der Waals surface area contributed by atoms with E-state index in [0.717, 1.165) is 15.9 Å². The third kappa shape index (κ3) is 4.40. The maximum absolute atomic E-state index is 13.0. The number of esters is 1. The van der Waals surface area contributed by atoms with Gasteiger partial charge in [-0.05, 0) is 26.0 Å². The fraction of sp³-hybridized carbons (Fsp3) is 0.222. The molecule has 0 saturated heterocycles. The molecule has 3 heterocycles. The van der Waals surface area contributed by atoms with Crippen LogP contribution in [-0.4, -0.2) is 33.5 Å². The van der Waals surface area contributed by atoms with Gasteiger partial charge in [-0.15, -0.1) is 0 Å². The largest absolute Gasteiger partial charge is 0.465 e. The monoisotopic (exact) mass is 422 g/mol. The number of alkyl halides is 2. The van der Waals surface area contributed by atoms with Crippen LogP contribution < -0.4 is 5.32 Å². The number of ether oxygens (including phenoxy) is 1. The second-order valence-electron chi connectivity index (χ2n) is 5.80. The van der Waals surface area contributed by atoms with Gasteiger partial charge in [0.2, 0.25) is 5.91 Å². The summed E-state index contributed by atoms with van der Waals surface area (Å²) in [5.74, 6) is -0.299. The number of hydrogen-bond donors (Lipinski definition) is 1. The molecule has 0 aliphatic rings. The highest BCUT2D eigenvalue weighted by molar-refractivity contribution is 7.19. The van der Waals surface area contributed by atoms with Crippen molar-refractivity contribution in [3.05, 3.63) is 47.3 Å². The predicted molar refractivity (Wildman–Crippen MR) is 102 cm³/mol. The van der Waals surface area contributed by atoms with E-state index in [1.165, 1.54) is 37.7 Å². The van der Waals surface area contributed by atoms with E-state index in [2.05, 4.69) is 20.0 Å². The molecular formula is C18H16F2N4O4S. The van der Waals surface area contributed by atoms with Crippen molar-refractivity contribution in [2.24, 2.45) is 0 Å². The average Bonchev–Trinajstić information content (AvgIpc) is 3.37. The summed E-state index contributed by atoms with van der Waals surface area (Å²) in [4.78, 5) is 32.3. The van der Waals surface area contributed by atoms with E-state index in [1.54, 1.807) is 13.8 Å². The molecule has 1 N–H and O–H groups in total. The standard InChI is InChI=1S/C18H16F2N4O4S/c1-9-14(15-21-6-7-24(15)17(19)20)29-18(22-9)23-13(25)5-4-11-8-12(10(2)28-11)16(26)27-3/h4-8,17H,1-3H3,(H,22,23,25)/b5-4+. The van der Waals surface area contributed by atoms with Crippen molar-refractivity contribution in [2.45, 2.75) is 20.4 Å². The number of methoxy groups -OCH3 is 1. The number of imidazole rings is 1. The smallest absolute Gasteiger partial charge is 0.341 e. The summed E-state index contributed by atoms with van der Waals surface area (Å²) >= 11 is 1.03. The van der Waals surface area contributed by atoms with Crippen LogP contribution in [0, 0.1) is 13.8 Å². The molecule has 3 aromatic heterocycles. The molecule has 29 heavy (non-hydrogen) atoms. The van der Waals surface area contributed by atoms with Crippen molar-refractivity contribution in [1.82, 2.24) is 14.5 Å². The molecule has 0 aliphatic heterocycles. The Morgan fingerprint density at radius 3 is 2.83 bits per heavy atom. The molecule has 152 valence electrons. The first-order valence-corrected chi connectivity index (χ1v) is 9.08. The van der Waals surface area contributed by atoms with Crippen molar-refractivity contribution in [1.29, 1.82) is 0 Å². The van der Waals surface area contributed by atoms with E-state index in [0.29, 0.717) is 22.1 Å². The van der Waals surface area contributed by atoms with Gasteiger partial charge in [0.1, 0.15) is 17.1 Å². The minimum absolute atomic E-state index is 0.0763. The zero-order chi connectivity index (χ0) is 21.1. The SMILES string of the molecule is COC(=O)c1cc(/C=C/C(=O)Nc2nc(C)c(-c3nccn3C(F)F)s2)oc1C. The zero-order valence-corrected chi connectivity index (χ0v) is 16.4. The Kier molecular flexibility index (Phi) is 5.87. The van der Waals surface area contributed by atoms with Crippen molar-refractivity contribution in [3.8, 4) is 10.7 Å². The minimum atomic E-state index is -2.73. The summed E-state index contributed by atoms with van der Waals surface area (Å²) in [7, 11) is 1.26. The van der Waals surface area contributed by atoms with E-state index in [9.17, 15) is 18.4 Å². The number of halogens is 2. The number of thiazole rings is 1. The molecule has 0 unspecified atom stereocenters. The topological polar surface area (TPSA) is 99.3 Å². The summed E-state index contributed by atoms with van der Waals surface area (Å²) in [5.41, 5.74) is 0.731. The number of rotatable bonds is 6. The van der Waals surface area contributed by atoms with E-state index in [4.69, 9.17) is 4.42 Å². The van der Waals surface area contributed by atoms with Crippen LogP contribution in [0.4, 0.5) is 13.9 Å². The van der Waals surface area contributed by atoms with E-state index in [1.807, 2.05) is 0 Å². The molecule has 3 aromatic rings. The number of aromatic nitrogens is 3. The van der Waals surface area contributed by atoms with Gasteiger partial charge in [0, 0.05) is 18.5 Å². The van der Waals surface area contributed by atoms with Crippen LogP contribution in [0.5, 0.6) is 0 Å². The van der Waals surface area contributed by atoms with E-state index < -0.39 is 18.4 Å². The molecule has 0 fully saturated rings. The molecule has 8 nitrogen and oxygen atoms in total. The quantitative estimate of drug-likeness (QED) is 0.475. The molecule has 0 aliphatic carbocycles. The van der Waals surface area contributed by atoms with Gasteiger partial charge < -0.3 is 9.15 Å². The van der Waals surface area contributed by atoms with E-state index in [-0.39, 0.29) is 16.5 Å². The van der Waals surface area contributed by atoms with Crippen LogP contribution >= 0.6 is 11.3 Å². The van der Waals surface area contributed by atoms with Gasteiger partial charge in [-0.3, -0.25) is 14.7 Å². The number of nitrogens with zero attached hydrogens (tertiary/aromatic N) is 3. The fourth-order valence-corrected chi connectivity index (χ4v) is 3.48. The molecule has 0 saturated carbocycles. The second-order valence-corrected chi connectivity index (χ2v) is 6.80. The van der Waals surface area contributed by atoms with Gasteiger partial charge in [0.05, 0.1) is 17.7 Å². The van der Waals surface area contributed by atoms with Crippen LogP contribution in [0.1, 0.15) is 34.1 Å². The Morgan fingerprint density at radius 1 is 1.38 bits per heavy atom. The van der Waals surface area contributed by atoms with Crippen molar-refractivity contribution in [3.63, 3.8) is 0 Å². The maximum atomic E-state index is 13.0. The minimum Gasteiger partial charge on any atom is -0.465 e. The van der Waals surface area contributed by atoms with Crippen LogP contribution in [0.15, 0.2) is 29.0 Å². The highest BCUT2D eigenvalue weighted by Crippen LogP contribution is 2.33. The van der Waals surface area contributed by atoms with Crippen LogP contribution in [0.3, 0.4) is 0 Å². The Hall–Kier alpha value is -3.34. The fourth-order valence-electron chi connectivity index (χ4n) is 2.51. The van der Waals surface area contributed by atoms with Crippen molar-refractivity contribution in [2.75, 3.05) is 12.4 Å². The number of amides is 1. The van der Waals surface area contributed by atoms with Crippen LogP contribution in [0.25, 0.3) is 16.8 Å². The molecule has 0 aromatic carbocycles. The maximum Gasteiger partial charge on any atom is 0.341 e. The molecule has 0 atom stereocenters. The van der Waals surface area contributed by atoms with Gasteiger partial charge in [-0.25, -0.2) is 14.8 Å². The Morgan fingerprint density at radius 2 is 2.14 bits per heavy atom. The Balaban J connectivity index is 1.73. The number of aryl methyl sites for hydroxylation is 2.